The summed E-state index contributed by atoms with van der Waals surface area (Å²) < 4.78 is 10.6. The number of carbonyl (C=O) groups is 2. The minimum atomic E-state index is -0.577. The Balaban J connectivity index is 1.87. The molecule has 1 aromatic heterocycles. The zero-order chi connectivity index (χ0) is 19.1. The molecule has 0 saturated carbocycles. The average Bonchev–Trinajstić information content (AvgIpc) is 3.26. The molecular weight excluding hydrogens is 342 g/mol. The molecule has 0 aliphatic rings. The molecule has 0 bridgehead atoms. The number of hydrogen-bond donors (Lipinski definition) is 1. The van der Waals surface area contributed by atoms with Gasteiger partial charge in [-0.25, -0.2) is 4.79 Å². The van der Waals surface area contributed by atoms with Gasteiger partial charge in [0.1, 0.15) is 5.75 Å². The van der Waals surface area contributed by atoms with Gasteiger partial charge in [-0.3, -0.25) is 4.79 Å². The first-order valence-electron chi connectivity index (χ1n) is 8.43. The van der Waals surface area contributed by atoms with Crippen LogP contribution in [0.5, 0.6) is 5.75 Å². The predicted molar refractivity (Wildman–Crippen MR) is 103 cm³/mol. The fraction of sp³-hybridized carbons (Fsp3) is 0.0909. The van der Waals surface area contributed by atoms with Crippen molar-refractivity contribution in [2.45, 2.75) is 0 Å². The van der Waals surface area contributed by atoms with Crippen LogP contribution < -0.4 is 4.74 Å². The third-order valence-corrected chi connectivity index (χ3v) is 3.98. The van der Waals surface area contributed by atoms with Gasteiger partial charge in [-0.05, 0) is 29.8 Å². The van der Waals surface area contributed by atoms with Crippen molar-refractivity contribution in [1.82, 2.24) is 4.98 Å². The van der Waals surface area contributed by atoms with Crippen molar-refractivity contribution < 1.29 is 19.1 Å². The summed E-state index contributed by atoms with van der Waals surface area (Å²) in [6.45, 7) is -0.338. The number of aromatic amines is 1. The zero-order valence-corrected chi connectivity index (χ0v) is 14.8. The highest BCUT2D eigenvalue weighted by molar-refractivity contribution is 6.22. The van der Waals surface area contributed by atoms with Crippen LogP contribution in [0.15, 0.2) is 72.9 Å². The summed E-state index contributed by atoms with van der Waals surface area (Å²) in [5.41, 5.74) is 2.18. The Morgan fingerprint density at radius 3 is 2.41 bits per heavy atom. The lowest BCUT2D eigenvalue weighted by atomic mass is 10.0. The quantitative estimate of drug-likeness (QED) is 0.299. The third kappa shape index (κ3) is 4.52. The van der Waals surface area contributed by atoms with E-state index >= 15 is 0 Å². The molecule has 136 valence electrons. The van der Waals surface area contributed by atoms with Crippen LogP contribution in [0.1, 0.15) is 21.6 Å². The van der Waals surface area contributed by atoms with E-state index in [9.17, 15) is 9.59 Å². The number of H-pyrrole nitrogens is 1. The van der Waals surface area contributed by atoms with Gasteiger partial charge >= 0.3 is 5.97 Å². The van der Waals surface area contributed by atoms with E-state index in [0.717, 1.165) is 5.56 Å². The van der Waals surface area contributed by atoms with E-state index in [0.29, 0.717) is 22.6 Å². The molecule has 0 radical (unpaired) electrons. The minimum Gasteiger partial charge on any atom is -0.496 e. The van der Waals surface area contributed by atoms with E-state index in [4.69, 9.17) is 9.47 Å². The normalized spacial score (nSPS) is 11.1. The molecule has 5 nitrogen and oxygen atoms in total. The van der Waals surface area contributed by atoms with Crippen molar-refractivity contribution >= 4 is 23.4 Å². The molecule has 0 amide bonds. The molecule has 27 heavy (non-hydrogen) atoms. The highest BCUT2D eigenvalue weighted by Gasteiger charge is 2.17. The molecular formula is C22H19NO4. The van der Waals surface area contributed by atoms with E-state index in [2.05, 4.69) is 4.98 Å². The third-order valence-electron chi connectivity index (χ3n) is 3.98. The Hall–Kier alpha value is -3.60. The largest absolute Gasteiger partial charge is 0.496 e. The standard InChI is InChI=1S/C22H19NO4/c1-26-21-12-6-5-10-17(21)14-18(16-8-3-2-4-9-16)22(25)27-15-20(24)19-11-7-13-23-19/h2-14,23H,15H2,1H3. The second-order valence-corrected chi connectivity index (χ2v) is 5.75. The summed E-state index contributed by atoms with van der Waals surface area (Å²) in [5.74, 6) is -0.230. The van der Waals surface area contributed by atoms with Crippen molar-refractivity contribution in [2.75, 3.05) is 13.7 Å². The number of carbonyl (C=O) groups excluding carboxylic acids is 2. The minimum absolute atomic E-state index is 0.293. The first-order valence-corrected chi connectivity index (χ1v) is 8.43. The Labute approximate surface area is 157 Å². The Bertz CT molecular complexity index is 943. The van der Waals surface area contributed by atoms with Gasteiger partial charge in [0.15, 0.2) is 6.61 Å². The second-order valence-electron chi connectivity index (χ2n) is 5.75. The lowest BCUT2D eigenvalue weighted by Gasteiger charge is -2.10. The number of methoxy groups -OCH3 is 1. The number of rotatable bonds is 7. The molecule has 0 saturated heterocycles. The lowest BCUT2D eigenvalue weighted by molar-refractivity contribution is -0.135. The maximum atomic E-state index is 12.7. The molecule has 0 aliphatic heterocycles. The Kier molecular flexibility index (Phi) is 5.84. The Morgan fingerprint density at radius 2 is 1.70 bits per heavy atom. The van der Waals surface area contributed by atoms with Crippen LogP contribution in [0.2, 0.25) is 0 Å². The number of esters is 1. The van der Waals surface area contributed by atoms with E-state index in [-0.39, 0.29) is 12.4 Å². The molecule has 3 rings (SSSR count). The smallest absolute Gasteiger partial charge is 0.339 e. The molecule has 0 fully saturated rings. The van der Waals surface area contributed by atoms with Crippen LogP contribution in [-0.4, -0.2) is 30.5 Å². The number of ketones is 1. The highest BCUT2D eigenvalue weighted by atomic mass is 16.5. The predicted octanol–water partition coefficient (Wildman–Crippen LogP) is 3.99. The zero-order valence-electron chi connectivity index (χ0n) is 14.8. The number of para-hydroxylation sites is 1. The summed E-state index contributed by atoms with van der Waals surface area (Å²) in [5, 5.41) is 0. The van der Waals surface area contributed by atoms with Crippen LogP contribution in [0, 0.1) is 0 Å². The number of Topliss-reactive ketones (excluding diaryl/α,β-unsaturated/α-hetero) is 1. The fourth-order valence-electron chi connectivity index (χ4n) is 2.61. The van der Waals surface area contributed by atoms with Gasteiger partial charge in [-0.1, -0.05) is 48.5 Å². The summed E-state index contributed by atoms with van der Waals surface area (Å²) in [6, 6.07) is 19.9. The highest BCUT2D eigenvalue weighted by Crippen LogP contribution is 2.25. The van der Waals surface area contributed by atoms with Gasteiger partial charge in [0.2, 0.25) is 5.78 Å². The Morgan fingerprint density at radius 1 is 0.963 bits per heavy atom. The van der Waals surface area contributed by atoms with Crippen LogP contribution in [0.3, 0.4) is 0 Å². The average molecular weight is 361 g/mol. The second kappa shape index (κ2) is 8.67. The van der Waals surface area contributed by atoms with Crippen LogP contribution in [0.4, 0.5) is 0 Å². The first kappa shape index (κ1) is 18.2. The SMILES string of the molecule is COc1ccccc1C=C(C(=O)OCC(=O)c1ccc[nH]1)c1ccccc1. The van der Waals surface area contributed by atoms with E-state index in [1.54, 1.807) is 31.5 Å². The molecule has 0 unspecified atom stereocenters. The first-order chi connectivity index (χ1) is 13.2. The van der Waals surface area contributed by atoms with Gasteiger partial charge in [0, 0.05) is 11.8 Å². The van der Waals surface area contributed by atoms with Gasteiger partial charge in [0.05, 0.1) is 18.4 Å². The monoisotopic (exact) mass is 361 g/mol. The molecule has 3 aromatic rings. The summed E-state index contributed by atoms with van der Waals surface area (Å²) in [7, 11) is 1.57. The van der Waals surface area contributed by atoms with Crippen molar-refractivity contribution in [2.24, 2.45) is 0 Å². The van der Waals surface area contributed by atoms with Crippen molar-refractivity contribution in [1.29, 1.82) is 0 Å². The van der Waals surface area contributed by atoms with Gasteiger partial charge in [-0.15, -0.1) is 0 Å². The summed E-state index contributed by atoms with van der Waals surface area (Å²) >= 11 is 0. The molecule has 1 heterocycles. The van der Waals surface area contributed by atoms with Crippen LogP contribution in [0.25, 0.3) is 11.6 Å². The molecule has 2 aromatic carbocycles. The van der Waals surface area contributed by atoms with Gasteiger partial charge in [0.25, 0.3) is 0 Å². The van der Waals surface area contributed by atoms with Crippen LogP contribution >= 0.6 is 0 Å². The molecule has 0 atom stereocenters. The maximum absolute atomic E-state index is 12.7. The number of benzene rings is 2. The van der Waals surface area contributed by atoms with Gasteiger partial charge in [-0.2, -0.15) is 0 Å². The molecule has 1 N–H and O–H groups in total. The van der Waals surface area contributed by atoms with E-state index in [1.165, 1.54) is 0 Å². The van der Waals surface area contributed by atoms with E-state index < -0.39 is 5.97 Å². The lowest BCUT2D eigenvalue weighted by Crippen LogP contribution is -2.15. The van der Waals surface area contributed by atoms with Crippen LogP contribution in [-0.2, 0) is 9.53 Å². The summed E-state index contributed by atoms with van der Waals surface area (Å²) in [6.07, 6.45) is 3.35. The molecule has 0 spiro atoms. The summed E-state index contributed by atoms with van der Waals surface area (Å²) in [4.78, 5) is 27.6. The maximum Gasteiger partial charge on any atom is 0.339 e. The number of hydrogen-bond acceptors (Lipinski definition) is 4. The number of nitrogens with one attached hydrogen (secondary N) is 1. The number of aromatic nitrogens is 1. The molecule has 0 aliphatic carbocycles. The van der Waals surface area contributed by atoms with Crippen molar-refractivity contribution in [3.63, 3.8) is 0 Å². The topological polar surface area (TPSA) is 68.4 Å². The van der Waals surface area contributed by atoms with Crippen molar-refractivity contribution in [3.05, 3.63) is 89.7 Å². The molecule has 5 heteroatoms. The fourth-order valence-corrected chi connectivity index (χ4v) is 2.61. The van der Waals surface area contributed by atoms with Crippen molar-refractivity contribution in [3.8, 4) is 5.75 Å². The van der Waals surface area contributed by atoms with E-state index in [1.807, 2.05) is 54.6 Å². The number of ether oxygens (including phenoxy) is 2. The van der Waals surface area contributed by atoms with Gasteiger partial charge < -0.3 is 14.5 Å².